The normalized spacial score (nSPS) is 10.1. The minimum atomic E-state index is -0.0693. The van der Waals surface area contributed by atoms with E-state index in [1.165, 1.54) is 6.92 Å². The molecule has 2 aromatic rings. The van der Waals surface area contributed by atoms with E-state index in [1.807, 2.05) is 24.3 Å². The number of amides is 1. The molecule has 5 heteroatoms. The first-order valence-electron chi connectivity index (χ1n) is 6.95. The van der Waals surface area contributed by atoms with E-state index >= 15 is 0 Å². The van der Waals surface area contributed by atoms with E-state index in [4.69, 9.17) is 0 Å². The molecule has 0 saturated heterocycles. The lowest BCUT2D eigenvalue weighted by Gasteiger charge is -2.08. The number of halogens is 1. The average Bonchev–Trinajstić information content (AvgIpc) is 2.50. The molecule has 0 aliphatic heterocycles. The molecule has 2 aromatic carbocycles. The van der Waals surface area contributed by atoms with E-state index in [0.717, 1.165) is 10.2 Å². The van der Waals surface area contributed by atoms with Crippen molar-refractivity contribution < 1.29 is 9.59 Å². The highest BCUT2D eigenvalue weighted by Gasteiger charge is 2.03. The number of nitrogens with one attached hydrogen (secondary N) is 2. The lowest BCUT2D eigenvalue weighted by molar-refractivity contribution is -0.115. The van der Waals surface area contributed by atoms with Crippen molar-refractivity contribution in [2.24, 2.45) is 0 Å². The van der Waals surface area contributed by atoms with Crippen LogP contribution in [-0.2, 0) is 4.79 Å². The van der Waals surface area contributed by atoms with Crippen molar-refractivity contribution in [3.8, 4) is 0 Å². The maximum Gasteiger partial charge on any atom is 0.226 e. The Morgan fingerprint density at radius 1 is 0.955 bits per heavy atom. The summed E-state index contributed by atoms with van der Waals surface area (Å²) >= 11 is 3.37. The molecule has 0 atom stereocenters. The zero-order chi connectivity index (χ0) is 15.9. The van der Waals surface area contributed by atoms with Crippen LogP contribution in [0.3, 0.4) is 0 Å². The summed E-state index contributed by atoms with van der Waals surface area (Å²) in [5.74, 6) is -0.0586. The number of carbonyl (C=O) groups excluding carboxylic acids is 2. The Kier molecular flexibility index (Phi) is 5.72. The van der Waals surface area contributed by atoms with Gasteiger partial charge in [-0.25, -0.2) is 0 Å². The van der Waals surface area contributed by atoms with Gasteiger partial charge in [-0.15, -0.1) is 0 Å². The van der Waals surface area contributed by atoms with Crippen LogP contribution in [0.4, 0.5) is 11.4 Å². The van der Waals surface area contributed by atoms with Crippen molar-refractivity contribution in [1.29, 1.82) is 0 Å². The molecule has 0 heterocycles. The van der Waals surface area contributed by atoms with Crippen LogP contribution >= 0.6 is 15.9 Å². The van der Waals surface area contributed by atoms with Crippen molar-refractivity contribution in [1.82, 2.24) is 0 Å². The summed E-state index contributed by atoms with van der Waals surface area (Å²) in [6.07, 6.45) is 0.366. The second-order valence-electron chi connectivity index (χ2n) is 4.87. The quantitative estimate of drug-likeness (QED) is 0.762. The minimum absolute atomic E-state index is 0.0107. The Labute approximate surface area is 138 Å². The van der Waals surface area contributed by atoms with Gasteiger partial charge in [-0.05, 0) is 55.5 Å². The van der Waals surface area contributed by atoms with Crippen LogP contribution in [0.15, 0.2) is 53.0 Å². The summed E-state index contributed by atoms with van der Waals surface area (Å²) in [5, 5.41) is 5.99. The van der Waals surface area contributed by atoms with E-state index in [1.54, 1.807) is 24.3 Å². The predicted molar refractivity (Wildman–Crippen MR) is 92.3 cm³/mol. The molecule has 1 amide bonds. The van der Waals surface area contributed by atoms with Crippen LogP contribution in [-0.4, -0.2) is 18.2 Å². The third kappa shape index (κ3) is 5.00. The number of ketones is 1. The van der Waals surface area contributed by atoms with E-state index < -0.39 is 0 Å². The van der Waals surface area contributed by atoms with Gasteiger partial charge in [0.05, 0.1) is 0 Å². The number of Topliss-reactive ketones (excluding diaryl/α,β-unsaturated/α-hetero) is 1. The molecular weight excluding hydrogens is 344 g/mol. The molecule has 114 valence electrons. The molecule has 2 N–H and O–H groups in total. The molecule has 0 spiro atoms. The van der Waals surface area contributed by atoms with Crippen molar-refractivity contribution >= 4 is 39.0 Å². The topological polar surface area (TPSA) is 58.2 Å². The maximum absolute atomic E-state index is 11.9. The molecule has 4 nitrogen and oxygen atoms in total. The molecule has 2 rings (SSSR count). The summed E-state index contributed by atoms with van der Waals surface area (Å²) < 4.78 is 1.02. The molecule has 22 heavy (non-hydrogen) atoms. The van der Waals surface area contributed by atoms with Gasteiger partial charge >= 0.3 is 0 Å². The van der Waals surface area contributed by atoms with Crippen molar-refractivity contribution in [3.05, 3.63) is 58.6 Å². The maximum atomic E-state index is 11.9. The molecule has 0 unspecified atom stereocenters. The summed E-state index contributed by atoms with van der Waals surface area (Å²) in [5.41, 5.74) is 2.30. The van der Waals surface area contributed by atoms with Crippen LogP contribution in [0.5, 0.6) is 0 Å². The third-order valence-corrected chi connectivity index (χ3v) is 3.63. The Balaban J connectivity index is 1.77. The van der Waals surface area contributed by atoms with Crippen molar-refractivity contribution in [3.63, 3.8) is 0 Å². The minimum Gasteiger partial charge on any atom is -0.385 e. The van der Waals surface area contributed by atoms with Gasteiger partial charge in [0.15, 0.2) is 5.78 Å². The first-order valence-corrected chi connectivity index (χ1v) is 7.74. The standard InChI is InChI=1S/C17H17BrN2O2/c1-12(21)13-2-6-16(7-3-13)20-17(22)10-11-19-15-8-4-14(18)5-9-15/h2-9,19H,10-11H2,1H3,(H,20,22). The summed E-state index contributed by atoms with van der Waals surface area (Å²) in [4.78, 5) is 23.0. The number of anilines is 2. The number of carbonyl (C=O) groups is 2. The molecule has 0 aromatic heterocycles. The van der Waals surface area contributed by atoms with E-state index in [9.17, 15) is 9.59 Å². The second-order valence-corrected chi connectivity index (χ2v) is 5.78. The smallest absolute Gasteiger partial charge is 0.226 e. The third-order valence-electron chi connectivity index (χ3n) is 3.10. The number of benzene rings is 2. The van der Waals surface area contributed by atoms with Gasteiger partial charge in [-0.2, -0.15) is 0 Å². The van der Waals surface area contributed by atoms with Gasteiger partial charge in [-0.1, -0.05) is 15.9 Å². The zero-order valence-corrected chi connectivity index (χ0v) is 13.8. The predicted octanol–water partition coefficient (Wildman–Crippen LogP) is 4.09. The summed E-state index contributed by atoms with van der Waals surface area (Å²) in [6, 6.07) is 14.7. The Morgan fingerprint density at radius 2 is 1.55 bits per heavy atom. The highest BCUT2D eigenvalue weighted by molar-refractivity contribution is 9.10. The number of hydrogen-bond donors (Lipinski definition) is 2. The van der Waals surface area contributed by atoms with Crippen LogP contribution in [0, 0.1) is 0 Å². The molecule has 0 bridgehead atoms. The summed E-state index contributed by atoms with van der Waals surface area (Å²) in [7, 11) is 0. The Morgan fingerprint density at radius 3 is 2.14 bits per heavy atom. The Bertz CT molecular complexity index is 651. The first kappa shape index (κ1) is 16.2. The van der Waals surface area contributed by atoms with Gasteiger partial charge < -0.3 is 10.6 Å². The molecular formula is C17H17BrN2O2. The Hall–Kier alpha value is -2.14. The molecule has 0 aliphatic rings. The van der Waals surface area contributed by atoms with Gasteiger partial charge in [0.25, 0.3) is 0 Å². The van der Waals surface area contributed by atoms with Gasteiger partial charge in [0, 0.05) is 34.4 Å². The second kappa shape index (κ2) is 7.75. The molecule has 0 radical (unpaired) electrons. The lowest BCUT2D eigenvalue weighted by Crippen LogP contribution is -2.16. The first-order chi connectivity index (χ1) is 10.5. The van der Waals surface area contributed by atoms with E-state index in [2.05, 4.69) is 26.6 Å². The summed E-state index contributed by atoms with van der Waals surface area (Å²) in [6.45, 7) is 2.07. The van der Waals surface area contributed by atoms with Crippen molar-refractivity contribution in [2.75, 3.05) is 17.2 Å². The fourth-order valence-corrected chi connectivity index (χ4v) is 2.16. The SMILES string of the molecule is CC(=O)c1ccc(NC(=O)CCNc2ccc(Br)cc2)cc1. The fraction of sp³-hybridized carbons (Fsp3) is 0.176. The number of rotatable bonds is 6. The van der Waals surface area contributed by atoms with Gasteiger partial charge in [0.2, 0.25) is 5.91 Å². The van der Waals surface area contributed by atoms with Crippen LogP contribution in [0.2, 0.25) is 0 Å². The van der Waals surface area contributed by atoms with Crippen LogP contribution in [0.25, 0.3) is 0 Å². The average molecular weight is 361 g/mol. The highest BCUT2D eigenvalue weighted by atomic mass is 79.9. The van der Waals surface area contributed by atoms with E-state index in [-0.39, 0.29) is 11.7 Å². The monoisotopic (exact) mass is 360 g/mol. The van der Waals surface area contributed by atoms with Gasteiger partial charge in [-0.3, -0.25) is 9.59 Å². The lowest BCUT2D eigenvalue weighted by atomic mass is 10.1. The molecule has 0 aliphatic carbocycles. The van der Waals surface area contributed by atoms with Crippen LogP contribution < -0.4 is 10.6 Å². The van der Waals surface area contributed by atoms with Crippen molar-refractivity contribution in [2.45, 2.75) is 13.3 Å². The number of hydrogen-bond acceptors (Lipinski definition) is 3. The zero-order valence-electron chi connectivity index (χ0n) is 12.2. The van der Waals surface area contributed by atoms with Crippen LogP contribution in [0.1, 0.15) is 23.7 Å². The van der Waals surface area contributed by atoms with Gasteiger partial charge in [0.1, 0.15) is 0 Å². The van der Waals surface area contributed by atoms with E-state index in [0.29, 0.717) is 24.2 Å². The fourth-order valence-electron chi connectivity index (χ4n) is 1.90. The molecule has 0 saturated carbocycles. The highest BCUT2D eigenvalue weighted by Crippen LogP contribution is 2.14. The largest absolute Gasteiger partial charge is 0.385 e. The molecule has 0 fully saturated rings.